The molecule has 3 aromatic carbocycles. The molecule has 7 heteroatoms. The molecule has 1 aromatic heterocycles. The Hall–Kier alpha value is -4.39. The Balaban J connectivity index is 1.55. The summed E-state index contributed by atoms with van der Waals surface area (Å²) >= 11 is 0. The normalized spacial score (nSPS) is 10.3. The van der Waals surface area contributed by atoms with E-state index in [-0.39, 0.29) is 5.91 Å². The number of rotatable bonds is 7. The predicted octanol–water partition coefficient (Wildman–Crippen LogP) is 5.21. The van der Waals surface area contributed by atoms with Crippen LogP contribution in [-0.2, 0) is 0 Å². The average molecular weight is 427 g/mol. The van der Waals surface area contributed by atoms with Crippen molar-refractivity contribution < 1.29 is 19.0 Å². The quantitative estimate of drug-likeness (QED) is 0.436. The van der Waals surface area contributed by atoms with Crippen LogP contribution in [0.15, 0.2) is 85.1 Å². The number of anilines is 1. The van der Waals surface area contributed by atoms with E-state index in [1.54, 1.807) is 62.9 Å². The van der Waals surface area contributed by atoms with Crippen LogP contribution in [0.4, 0.5) is 5.69 Å². The van der Waals surface area contributed by atoms with Crippen LogP contribution in [0.25, 0.3) is 11.4 Å². The molecule has 1 heterocycles. The number of aromatic nitrogens is 2. The highest BCUT2D eigenvalue weighted by Crippen LogP contribution is 2.27. The second-order valence-electron chi connectivity index (χ2n) is 6.73. The van der Waals surface area contributed by atoms with Gasteiger partial charge in [0.25, 0.3) is 5.91 Å². The molecule has 0 saturated carbocycles. The molecule has 32 heavy (non-hydrogen) atoms. The number of benzene rings is 3. The molecule has 0 aliphatic rings. The van der Waals surface area contributed by atoms with Crippen LogP contribution < -0.4 is 19.5 Å². The van der Waals surface area contributed by atoms with Crippen LogP contribution in [-0.4, -0.2) is 30.1 Å². The third-order valence-corrected chi connectivity index (χ3v) is 4.63. The minimum absolute atomic E-state index is 0.264. The first-order valence-corrected chi connectivity index (χ1v) is 9.86. The molecule has 0 aliphatic carbocycles. The topological polar surface area (TPSA) is 82.6 Å². The number of methoxy groups -OCH3 is 2. The van der Waals surface area contributed by atoms with Gasteiger partial charge in [-0.15, -0.1) is 0 Å². The number of hydrogen-bond donors (Lipinski definition) is 1. The maximum Gasteiger partial charge on any atom is 0.255 e. The van der Waals surface area contributed by atoms with Crippen molar-refractivity contribution in [1.82, 2.24) is 9.97 Å². The molecule has 0 atom stereocenters. The van der Waals surface area contributed by atoms with Crippen LogP contribution in [0.5, 0.6) is 23.1 Å². The van der Waals surface area contributed by atoms with Crippen molar-refractivity contribution in [2.45, 2.75) is 0 Å². The Bertz CT molecular complexity index is 1240. The van der Waals surface area contributed by atoms with Gasteiger partial charge in [0.05, 0.1) is 19.9 Å². The fourth-order valence-electron chi connectivity index (χ4n) is 3.07. The van der Waals surface area contributed by atoms with Gasteiger partial charge in [-0.2, -0.15) is 4.98 Å². The molecule has 0 spiro atoms. The maximum atomic E-state index is 12.8. The van der Waals surface area contributed by atoms with Gasteiger partial charge in [0, 0.05) is 29.5 Å². The molecule has 4 aromatic rings. The molecule has 0 bridgehead atoms. The summed E-state index contributed by atoms with van der Waals surface area (Å²) in [5.74, 6) is 2.43. The van der Waals surface area contributed by atoms with Crippen LogP contribution in [0, 0.1) is 0 Å². The Morgan fingerprint density at radius 1 is 0.844 bits per heavy atom. The van der Waals surface area contributed by atoms with Gasteiger partial charge in [-0.3, -0.25) is 4.79 Å². The minimum atomic E-state index is -0.264. The number of hydrogen-bond acceptors (Lipinski definition) is 6. The molecule has 0 unspecified atom stereocenters. The number of para-hydroxylation sites is 2. The van der Waals surface area contributed by atoms with Gasteiger partial charge in [0.15, 0.2) is 5.82 Å². The van der Waals surface area contributed by atoms with Crippen LogP contribution in [0.2, 0.25) is 0 Å². The molecular weight excluding hydrogens is 406 g/mol. The molecule has 7 nitrogen and oxygen atoms in total. The highest BCUT2D eigenvalue weighted by molar-refractivity contribution is 6.05. The molecule has 0 radical (unpaired) electrons. The summed E-state index contributed by atoms with van der Waals surface area (Å²) in [6.07, 6.45) is 1.61. The van der Waals surface area contributed by atoms with Gasteiger partial charge in [-0.05, 0) is 36.4 Å². The zero-order chi connectivity index (χ0) is 22.3. The van der Waals surface area contributed by atoms with Gasteiger partial charge in [-0.1, -0.05) is 30.3 Å². The number of carbonyl (C=O) groups is 1. The standard InChI is InChI=1S/C25H21N3O4/c1-30-19-9-6-10-20(16-19)32-23-13-14-26-24(28-23)17-7-5-8-18(15-17)25(29)27-21-11-3-4-12-22(21)31-2/h3-16H,1-2H3,(H,27,29). The average Bonchev–Trinajstić information content (AvgIpc) is 2.84. The van der Waals surface area contributed by atoms with E-state index in [9.17, 15) is 4.79 Å². The molecule has 4 rings (SSSR count). The molecular formula is C25H21N3O4. The van der Waals surface area contributed by atoms with Crippen LogP contribution >= 0.6 is 0 Å². The Labute approximate surface area is 185 Å². The monoisotopic (exact) mass is 427 g/mol. The van der Waals surface area contributed by atoms with Crippen molar-refractivity contribution >= 4 is 11.6 Å². The summed E-state index contributed by atoms with van der Waals surface area (Å²) in [5, 5.41) is 2.87. The molecule has 1 amide bonds. The highest BCUT2D eigenvalue weighted by atomic mass is 16.5. The van der Waals surface area contributed by atoms with E-state index in [4.69, 9.17) is 14.2 Å². The van der Waals surface area contributed by atoms with E-state index in [1.165, 1.54) is 0 Å². The van der Waals surface area contributed by atoms with Gasteiger partial charge < -0.3 is 19.5 Å². The first-order valence-electron chi connectivity index (χ1n) is 9.86. The summed E-state index contributed by atoms with van der Waals surface area (Å²) in [4.78, 5) is 21.6. The van der Waals surface area contributed by atoms with Gasteiger partial charge in [-0.25, -0.2) is 4.98 Å². The molecule has 160 valence electrons. The van der Waals surface area contributed by atoms with Gasteiger partial charge in [0.2, 0.25) is 5.88 Å². The highest BCUT2D eigenvalue weighted by Gasteiger charge is 2.12. The van der Waals surface area contributed by atoms with Crippen molar-refractivity contribution in [2.75, 3.05) is 19.5 Å². The fraction of sp³-hybridized carbons (Fsp3) is 0.0800. The van der Waals surface area contributed by atoms with E-state index >= 15 is 0 Å². The lowest BCUT2D eigenvalue weighted by Crippen LogP contribution is -2.12. The van der Waals surface area contributed by atoms with Crippen molar-refractivity contribution in [3.63, 3.8) is 0 Å². The maximum absolute atomic E-state index is 12.8. The molecule has 0 aliphatic heterocycles. The zero-order valence-electron chi connectivity index (χ0n) is 17.6. The molecule has 0 fully saturated rings. The number of nitrogens with zero attached hydrogens (tertiary/aromatic N) is 2. The Morgan fingerprint density at radius 3 is 2.50 bits per heavy atom. The number of amides is 1. The summed E-state index contributed by atoms with van der Waals surface area (Å²) in [7, 11) is 3.16. The third kappa shape index (κ3) is 4.84. The summed E-state index contributed by atoms with van der Waals surface area (Å²) in [6, 6.07) is 23.2. The van der Waals surface area contributed by atoms with E-state index in [2.05, 4.69) is 15.3 Å². The number of ether oxygens (including phenoxy) is 3. The fourth-order valence-corrected chi connectivity index (χ4v) is 3.07. The zero-order valence-corrected chi connectivity index (χ0v) is 17.6. The first-order chi connectivity index (χ1) is 15.7. The third-order valence-electron chi connectivity index (χ3n) is 4.63. The first kappa shape index (κ1) is 20.9. The summed E-state index contributed by atoms with van der Waals surface area (Å²) < 4.78 is 16.4. The van der Waals surface area contributed by atoms with E-state index in [0.29, 0.717) is 45.8 Å². The lowest BCUT2D eigenvalue weighted by molar-refractivity contribution is 0.102. The minimum Gasteiger partial charge on any atom is -0.497 e. The Morgan fingerprint density at radius 2 is 1.66 bits per heavy atom. The van der Waals surface area contributed by atoms with Gasteiger partial charge >= 0.3 is 0 Å². The second-order valence-corrected chi connectivity index (χ2v) is 6.73. The Kier molecular flexibility index (Phi) is 6.27. The van der Waals surface area contributed by atoms with E-state index in [0.717, 1.165) is 0 Å². The van der Waals surface area contributed by atoms with E-state index < -0.39 is 0 Å². The van der Waals surface area contributed by atoms with Gasteiger partial charge in [0.1, 0.15) is 17.2 Å². The van der Waals surface area contributed by atoms with Crippen LogP contribution in [0.1, 0.15) is 10.4 Å². The van der Waals surface area contributed by atoms with Crippen LogP contribution in [0.3, 0.4) is 0 Å². The largest absolute Gasteiger partial charge is 0.497 e. The number of nitrogens with one attached hydrogen (secondary N) is 1. The lowest BCUT2D eigenvalue weighted by atomic mass is 10.1. The van der Waals surface area contributed by atoms with E-state index in [1.807, 2.05) is 36.4 Å². The smallest absolute Gasteiger partial charge is 0.255 e. The summed E-state index contributed by atoms with van der Waals surface area (Å²) in [6.45, 7) is 0. The molecule has 0 saturated heterocycles. The summed E-state index contributed by atoms with van der Waals surface area (Å²) in [5.41, 5.74) is 1.75. The molecule has 1 N–H and O–H groups in total. The SMILES string of the molecule is COc1cccc(Oc2ccnc(-c3cccc(C(=O)Nc4ccccc4OC)c3)n2)c1. The van der Waals surface area contributed by atoms with Crippen molar-refractivity contribution in [3.05, 3.63) is 90.6 Å². The lowest BCUT2D eigenvalue weighted by Gasteiger charge is -2.11. The van der Waals surface area contributed by atoms with Crippen molar-refractivity contribution in [2.24, 2.45) is 0 Å². The van der Waals surface area contributed by atoms with Crippen molar-refractivity contribution in [1.29, 1.82) is 0 Å². The number of carbonyl (C=O) groups excluding carboxylic acids is 1. The predicted molar refractivity (Wildman–Crippen MR) is 121 cm³/mol. The van der Waals surface area contributed by atoms with Crippen molar-refractivity contribution in [3.8, 4) is 34.5 Å². The second kappa shape index (κ2) is 9.61.